The Hall–Kier alpha value is -1.09. The summed E-state index contributed by atoms with van der Waals surface area (Å²) in [5.41, 5.74) is 0.291. The van der Waals surface area contributed by atoms with Crippen molar-refractivity contribution in [2.24, 2.45) is 0 Å². The summed E-state index contributed by atoms with van der Waals surface area (Å²) in [7, 11) is 3.17. The van der Waals surface area contributed by atoms with Crippen molar-refractivity contribution < 1.29 is 9.90 Å². The minimum Gasteiger partial charge on any atom is -0.478 e. The Kier molecular flexibility index (Phi) is 1.87. The summed E-state index contributed by atoms with van der Waals surface area (Å²) in [5, 5.41) is 9.14. The van der Waals surface area contributed by atoms with E-state index in [2.05, 4.69) is 10.2 Å². The molecular formula is C7H5O2Si. The molecule has 0 atom stereocenters. The lowest BCUT2D eigenvalue weighted by Gasteiger charge is -1.96. The van der Waals surface area contributed by atoms with E-state index in [-0.39, 0.29) is 0 Å². The molecule has 2 nitrogen and oxygen atoms in total. The number of hydrogen-bond acceptors (Lipinski definition) is 1. The molecular weight excluding hydrogens is 144 g/mol. The summed E-state index contributed by atoms with van der Waals surface area (Å²) in [6.07, 6.45) is 0. The van der Waals surface area contributed by atoms with Crippen molar-refractivity contribution in [3.05, 3.63) is 29.8 Å². The van der Waals surface area contributed by atoms with Crippen LogP contribution in [0.25, 0.3) is 0 Å². The van der Waals surface area contributed by atoms with Crippen LogP contribution in [-0.4, -0.2) is 21.3 Å². The first-order valence-corrected chi connectivity index (χ1v) is 3.26. The van der Waals surface area contributed by atoms with E-state index in [0.29, 0.717) is 10.8 Å². The molecule has 0 aliphatic heterocycles. The predicted octanol–water partition coefficient (Wildman–Crippen LogP) is 0.179. The van der Waals surface area contributed by atoms with Crippen molar-refractivity contribution >= 4 is 21.4 Å². The van der Waals surface area contributed by atoms with Gasteiger partial charge in [-0.05, 0) is 6.07 Å². The number of hydrogen-bond donors (Lipinski definition) is 1. The van der Waals surface area contributed by atoms with Crippen LogP contribution in [0.5, 0.6) is 0 Å². The van der Waals surface area contributed by atoms with Crippen LogP contribution in [0.1, 0.15) is 10.4 Å². The lowest BCUT2D eigenvalue weighted by atomic mass is 10.2. The first kappa shape index (κ1) is 7.02. The topological polar surface area (TPSA) is 37.3 Å². The van der Waals surface area contributed by atoms with Crippen molar-refractivity contribution in [3.63, 3.8) is 0 Å². The normalized spacial score (nSPS) is 9.30. The smallest absolute Gasteiger partial charge is 0.335 e. The average Bonchev–Trinajstić information content (AvgIpc) is 1.88. The van der Waals surface area contributed by atoms with E-state index < -0.39 is 5.97 Å². The van der Waals surface area contributed by atoms with Gasteiger partial charge in [-0.15, -0.1) is 0 Å². The molecule has 1 N–H and O–H groups in total. The van der Waals surface area contributed by atoms with Gasteiger partial charge < -0.3 is 5.11 Å². The van der Waals surface area contributed by atoms with Gasteiger partial charge in [0.1, 0.15) is 0 Å². The Labute approximate surface area is 61.9 Å². The Balaban J connectivity index is 3.15. The first-order chi connectivity index (χ1) is 4.72. The fourth-order valence-corrected chi connectivity index (χ4v) is 0.956. The van der Waals surface area contributed by atoms with Crippen LogP contribution < -0.4 is 5.19 Å². The van der Waals surface area contributed by atoms with Gasteiger partial charge in [0.15, 0.2) is 0 Å². The molecule has 0 aromatic heterocycles. The highest BCUT2D eigenvalue weighted by Crippen LogP contribution is 1.92. The summed E-state index contributed by atoms with van der Waals surface area (Å²) in [5.74, 6) is -0.911. The lowest BCUT2D eigenvalue weighted by Crippen LogP contribution is -2.14. The number of rotatable bonds is 1. The zero-order chi connectivity index (χ0) is 7.56. The van der Waals surface area contributed by atoms with Crippen LogP contribution in [0.15, 0.2) is 24.3 Å². The van der Waals surface area contributed by atoms with Gasteiger partial charge in [0.05, 0.1) is 15.8 Å². The summed E-state index contributed by atoms with van der Waals surface area (Å²) in [6, 6.07) is 6.70. The Morgan fingerprint density at radius 2 is 2.00 bits per heavy atom. The average molecular weight is 149 g/mol. The van der Waals surface area contributed by atoms with E-state index in [9.17, 15) is 4.79 Å². The van der Waals surface area contributed by atoms with Crippen LogP contribution in [0, 0.1) is 0 Å². The SMILES string of the molecule is O=C(O)c1ccccc1[Si]. The lowest BCUT2D eigenvalue weighted by molar-refractivity contribution is 0.0698. The quantitative estimate of drug-likeness (QED) is 0.578. The third-order valence-corrected chi connectivity index (χ3v) is 1.59. The van der Waals surface area contributed by atoms with Crippen molar-refractivity contribution in [2.75, 3.05) is 0 Å². The van der Waals surface area contributed by atoms with Crippen LogP contribution in [0.4, 0.5) is 0 Å². The molecule has 0 saturated heterocycles. The highest BCUT2D eigenvalue weighted by Gasteiger charge is 2.02. The monoisotopic (exact) mass is 149 g/mol. The maximum atomic E-state index is 10.4. The maximum absolute atomic E-state index is 10.4. The standard InChI is InChI=1S/C7H5O2Si/c8-7(9)5-3-1-2-4-6(5)10/h1-4H,(H,8,9). The second-order valence-corrected chi connectivity index (χ2v) is 2.39. The zero-order valence-corrected chi connectivity index (χ0v) is 6.16. The first-order valence-electron chi connectivity index (χ1n) is 2.76. The molecule has 0 spiro atoms. The maximum Gasteiger partial charge on any atom is 0.335 e. The number of carbonyl (C=O) groups is 1. The minimum absolute atomic E-state index is 0.291. The van der Waals surface area contributed by atoms with Crippen LogP contribution in [0.2, 0.25) is 0 Å². The summed E-state index contributed by atoms with van der Waals surface area (Å²) >= 11 is 0. The van der Waals surface area contributed by atoms with E-state index >= 15 is 0 Å². The highest BCUT2D eigenvalue weighted by atomic mass is 28.1. The van der Waals surface area contributed by atoms with Crippen molar-refractivity contribution in [3.8, 4) is 0 Å². The Morgan fingerprint density at radius 3 is 2.40 bits per heavy atom. The van der Waals surface area contributed by atoms with Gasteiger partial charge in [-0.2, -0.15) is 0 Å². The second kappa shape index (κ2) is 2.66. The molecule has 3 heteroatoms. The zero-order valence-electron chi connectivity index (χ0n) is 5.16. The molecule has 1 rings (SSSR count). The molecule has 1 aromatic rings. The summed E-state index contributed by atoms with van der Waals surface area (Å²) in [4.78, 5) is 10.4. The van der Waals surface area contributed by atoms with Gasteiger partial charge in [-0.25, -0.2) is 4.79 Å². The van der Waals surface area contributed by atoms with E-state index in [4.69, 9.17) is 5.11 Å². The molecule has 0 aliphatic carbocycles. The van der Waals surface area contributed by atoms with Crippen molar-refractivity contribution in [1.29, 1.82) is 0 Å². The van der Waals surface area contributed by atoms with E-state index in [1.165, 1.54) is 0 Å². The number of carboxylic acid groups (broad SMARTS) is 1. The summed E-state index contributed by atoms with van der Waals surface area (Å²) in [6.45, 7) is 0. The molecule has 1 aromatic carbocycles. The molecule has 0 heterocycles. The fourth-order valence-electron chi connectivity index (χ4n) is 0.670. The van der Waals surface area contributed by atoms with Crippen molar-refractivity contribution in [2.45, 2.75) is 0 Å². The van der Waals surface area contributed by atoms with Gasteiger partial charge >= 0.3 is 5.97 Å². The Morgan fingerprint density at radius 1 is 1.40 bits per heavy atom. The van der Waals surface area contributed by atoms with Gasteiger partial charge in [0.2, 0.25) is 0 Å². The van der Waals surface area contributed by atoms with Gasteiger partial charge in [0, 0.05) is 0 Å². The molecule has 0 aliphatic rings. The van der Waals surface area contributed by atoms with Gasteiger partial charge in [-0.3, -0.25) is 0 Å². The van der Waals surface area contributed by atoms with Gasteiger partial charge in [-0.1, -0.05) is 23.4 Å². The highest BCUT2D eigenvalue weighted by molar-refractivity contribution is 6.36. The third-order valence-electron chi connectivity index (χ3n) is 1.16. The molecule has 10 heavy (non-hydrogen) atoms. The fraction of sp³-hybridized carbons (Fsp3) is 0. The van der Waals surface area contributed by atoms with E-state index in [0.717, 1.165) is 0 Å². The van der Waals surface area contributed by atoms with Crippen molar-refractivity contribution in [1.82, 2.24) is 0 Å². The molecule has 0 unspecified atom stereocenters. The molecule has 0 amide bonds. The predicted molar refractivity (Wildman–Crippen MR) is 38.8 cm³/mol. The minimum atomic E-state index is -0.911. The second-order valence-electron chi connectivity index (χ2n) is 1.85. The van der Waals surface area contributed by atoms with Crippen LogP contribution >= 0.6 is 0 Å². The van der Waals surface area contributed by atoms with E-state index in [1.807, 2.05) is 0 Å². The molecule has 3 radical (unpaired) electrons. The Bertz CT molecular complexity index is 258. The van der Waals surface area contributed by atoms with Crippen LogP contribution in [0.3, 0.4) is 0 Å². The molecule has 0 bridgehead atoms. The van der Waals surface area contributed by atoms with Gasteiger partial charge in [0.25, 0.3) is 0 Å². The van der Waals surface area contributed by atoms with Crippen LogP contribution in [-0.2, 0) is 0 Å². The third kappa shape index (κ3) is 1.25. The molecule has 0 fully saturated rings. The van der Waals surface area contributed by atoms with E-state index in [1.54, 1.807) is 24.3 Å². The summed E-state index contributed by atoms with van der Waals surface area (Å²) < 4.78 is 0. The molecule has 49 valence electrons. The number of benzene rings is 1. The molecule has 0 saturated carbocycles. The number of carboxylic acids is 1. The largest absolute Gasteiger partial charge is 0.478 e. The number of aromatic carboxylic acids is 1.